The van der Waals surface area contributed by atoms with Crippen LogP contribution in [0.1, 0.15) is 0 Å². The molecule has 7 aromatic carbocycles. The smallest absolute Gasteiger partial charge is 0.0727 e. The van der Waals surface area contributed by atoms with Crippen LogP contribution in [0.15, 0.2) is 140 Å². The molecule has 0 radical (unpaired) electrons. The van der Waals surface area contributed by atoms with Crippen molar-refractivity contribution in [2.24, 2.45) is 0 Å². The fourth-order valence-electron chi connectivity index (χ4n) is 7.67. The van der Waals surface area contributed by atoms with Gasteiger partial charge in [0.2, 0.25) is 0 Å². The first kappa shape index (κ1) is 25.2. The van der Waals surface area contributed by atoms with E-state index in [9.17, 15) is 0 Å². The van der Waals surface area contributed by atoms with Crippen molar-refractivity contribution >= 4 is 116 Å². The molecule has 0 fully saturated rings. The SMILES string of the molecule is c1cc(-c2cccc3c2sc2ccccc23)cc(-n2c3ccccc3c3c4c5ccccc5sc4c4c5ccccc5sc4c32)c1. The van der Waals surface area contributed by atoms with E-state index in [1.54, 1.807) is 0 Å². The molecule has 0 aliphatic heterocycles. The molecule has 4 aromatic heterocycles. The highest BCUT2D eigenvalue weighted by Gasteiger charge is 2.24. The van der Waals surface area contributed by atoms with E-state index in [1.165, 1.54) is 99.1 Å². The Morgan fingerprint density at radius 1 is 0.391 bits per heavy atom. The van der Waals surface area contributed by atoms with Gasteiger partial charge in [-0.15, -0.1) is 34.0 Å². The van der Waals surface area contributed by atoms with Gasteiger partial charge in [0, 0.05) is 72.3 Å². The van der Waals surface area contributed by atoms with Crippen LogP contribution in [0.3, 0.4) is 0 Å². The second kappa shape index (κ2) is 9.27. The lowest BCUT2D eigenvalue weighted by atomic mass is 10.0. The summed E-state index contributed by atoms with van der Waals surface area (Å²) < 4.78 is 10.7. The number of fused-ring (bicyclic) bond motifs is 15. The summed E-state index contributed by atoms with van der Waals surface area (Å²) in [6, 6.07) is 51.6. The molecule has 0 spiro atoms. The molecule has 214 valence electrons. The van der Waals surface area contributed by atoms with Crippen LogP contribution in [0.2, 0.25) is 0 Å². The molecule has 11 rings (SSSR count). The lowest BCUT2D eigenvalue weighted by Crippen LogP contribution is -1.94. The molecule has 0 saturated carbocycles. The van der Waals surface area contributed by atoms with Gasteiger partial charge < -0.3 is 4.57 Å². The van der Waals surface area contributed by atoms with E-state index < -0.39 is 0 Å². The van der Waals surface area contributed by atoms with Crippen molar-refractivity contribution in [3.8, 4) is 16.8 Å². The average molecular weight is 638 g/mol. The van der Waals surface area contributed by atoms with Crippen LogP contribution in [0.4, 0.5) is 0 Å². The van der Waals surface area contributed by atoms with Crippen molar-refractivity contribution in [1.29, 1.82) is 0 Å². The maximum atomic E-state index is 2.54. The van der Waals surface area contributed by atoms with Crippen molar-refractivity contribution in [2.75, 3.05) is 0 Å². The van der Waals surface area contributed by atoms with Gasteiger partial charge in [0.05, 0.1) is 15.7 Å². The van der Waals surface area contributed by atoms with Gasteiger partial charge in [-0.3, -0.25) is 0 Å². The number of rotatable bonds is 2. The summed E-state index contributed by atoms with van der Waals surface area (Å²) >= 11 is 5.77. The first-order valence-electron chi connectivity index (χ1n) is 15.5. The van der Waals surface area contributed by atoms with Gasteiger partial charge in [0.1, 0.15) is 0 Å². The van der Waals surface area contributed by atoms with Gasteiger partial charge in [-0.25, -0.2) is 0 Å². The predicted octanol–water partition coefficient (Wildman–Crippen LogP) is 13.6. The molecule has 0 atom stereocenters. The molecule has 46 heavy (non-hydrogen) atoms. The van der Waals surface area contributed by atoms with Crippen molar-refractivity contribution < 1.29 is 0 Å². The minimum Gasteiger partial charge on any atom is -0.308 e. The summed E-state index contributed by atoms with van der Waals surface area (Å²) in [6.07, 6.45) is 0. The third-order valence-corrected chi connectivity index (χ3v) is 13.2. The van der Waals surface area contributed by atoms with E-state index in [0.717, 1.165) is 0 Å². The molecule has 0 saturated heterocycles. The molecule has 11 aromatic rings. The van der Waals surface area contributed by atoms with Crippen LogP contribution in [-0.4, -0.2) is 4.57 Å². The molecule has 0 unspecified atom stereocenters. The third-order valence-electron chi connectivity index (χ3n) is 9.58. The zero-order valence-electron chi connectivity index (χ0n) is 24.5. The third kappa shape index (κ3) is 3.28. The molecule has 0 aliphatic rings. The second-order valence-electron chi connectivity index (χ2n) is 12.0. The number of benzene rings is 7. The Bertz CT molecular complexity index is 3040. The van der Waals surface area contributed by atoms with Crippen molar-refractivity contribution in [2.45, 2.75) is 0 Å². The molecule has 1 nitrogen and oxygen atoms in total. The summed E-state index contributed by atoms with van der Waals surface area (Å²) in [6.45, 7) is 0. The summed E-state index contributed by atoms with van der Waals surface area (Å²) in [5, 5.41) is 10.8. The Morgan fingerprint density at radius 2 is 0.978 bits per heavy atom. The number of hydrogen-bond acceptors (Lipinski definition) is 3. The average Bonchev–Trinajstić information content (AvgIpc) is 3.86. The lowest BCUT2D eigenvalue weighted by molar-refractivity contribution is 1.19. The highest BCUT2D eigenvalue weighted by atomic mass is 32.1. The monoisotopic (exact) mass is 637 g/mol. The molecule has 4 heterocycles. The molecule has 0 amide bonds. The highest BCUT2D eigenvalue weighted by molar-refractivity contribution is 7.30. The number of aromatic nitrogens is 1. The summed E-state index contributed by atoms with van der Waals surface area (Å²) in [5.74, 6) is 0. The zero-order valence-corrected chi connectivity index (χ0v) is 26.9. The van der Waals surface area contributed by atoms with Crippen LogP contribution in [0.5, 0.6) is 0 Å². The Hall–Kier alpha value is -5.00. The first-order valence-corrected chi connectivity index (χ1v) is 18.0. The molecular formula is C42H23NS3. The zero-order chi connectivity index (χ0) is 29.9. The fourth-order valence-corrected chi connectivity index (χ4v) is 11.5. The Balaban J connectivity index is 1.31. The maximum absolute atomic E-state index is 2.54. The lowest BCUT2D eigenvalue weighted by Gasteiger charge is -2.12. The first-order chi connectivity index (χ1) is 22.8. The Morgan fingerprint density at radius 3 is 1.78 bits per heavy atom. The Labute approximate surface area is 275 Å². The highest BCUT2D eigenvalue weighted by Crippen LogP contribution is 2.52. The normalized spacial score (nSPS) is 12.3. The standard InChI is InChI=1S/C42H23NS3/c1-5-19-32-29(14-1)36-37-30-15-3-7-21-34(30)45-41(37)38-31-16-4-8-22-35(31)46-42(38)39(36)43(32)25-12-9-11-24(23-25)26-17-10-18-28-27-13-2-6-20-33(27)44-40(26)28/h1-23H. The molecule has 0 bridgehead atoms. The minimum absolute atomic E-state index is 1.19. The van der Waals surface area contributed by atoms with Crippen LogP contribution < -0.4 is 0 Å². The summed E-state index contributed by atoms with van der Waals surface area (Å²) in [4.78, 5) is 0. The van der Waals surface area contributed by atoms with Crippen molar-refractivity contribution in [1.82, 2.24) is 4.57 Å². The molecule has 4 heteroatoms. The van der Waals surface area contributed by atoms with Crippen LogP contribution >= 0.6 is 34.0 Å². The molecular weight excluding hydrogens is 615 g/mol. The molecule has 0 aliphatic carbocycles. The Kier molecular flexibility index (Phi) is 5.08. The van der Waals surface area contributed by atoms with Crippen LogP contribution in [0.25, 0.3) is 99.1 Å². The number of thiophene rings is 3. The number of para-hydroxylation sites is 1. The van der Waals surface area contributed by atoms with Gasteiger partial charge in [-0.1, -0.05) is 103 Å². The van der Waals surface area contributed by atoms with E-state index in [-0.39, 0.29) is 0 Å². The number of hydrogen-bond donors (Lipinski definition) is 0. The van der Waals surface area contributed by atoms with E-state index >= 15 is 0 Å². The maximum Gasteiger partial charge on any atom is 0.0727 e. The van der Waals surface area contributed by atoms with E-state index in [0.29, 0.717) is 0 Å². The summed E-state index contributed by atoms with van der Waals surface area (Å²) in [5.41, 5.74) is 6.29. The van der Waals surface area contributed by atoms with E-state index in [4.69, 9.17) is 0 Å². The summed E-state index contributed by atoms with van der Waals surface area (Å²) in [7, 11) is 0. The largest absolute Gasteiger partial charge is 0.308 e. The van der Waals surface area contributed by atoms with Crippen LogP contribution in [-0.2, 0) is 0 Å². The number of nitrogens with zero attached hydrogens (tertiary/aromatic N) is 1. The van der Waals surface area contributed by atoms with Gasteiger partial charge >= 0.3 is 0 Å². The van der Waals surface area contributed by atoms with Gasteiger partial charge in [-0.05, 0) is 47.5 Å². The molecule has 0 N–H and O–H groups in total. The minimum atomic E-state index is 1.19. The van der Waals surface area contributed by atoms with E-state index in [1.807, 2.05) is 34.0 Å². The quantitative estimate of drug-likeness (QED) is 0.178. The van der Waals surface area contributed by atoms with Crippen LogP contribution in [0, 0.1) is 0 Å². The van der Waals surface area contributed by atoms with Crippen molar-refractivity contribution in [3.05, 3.63) is 140 Å². The van der Waals surface area contributed by atoms with Crippen molar-refractivity contribution in [3.63, 3.8) is 0 Å². The second-order valence-corrected chi connectivity index (χ2v) is 15.2. The predicted molar refractivity (Wildman–Crippen MR) is 205 cm³/mol. The van der Waals surface area contributed by atoms with E-state index in [2.05, 4.69) is 144 Å². The van der Waals surface area contributed by atoms with Gasteiger partial charge in [0.15, 0.2) is 0 Å². The fraction of sp³-hybridized carbons (Fsp3) is 0. The van der Waals surface area contributed by atoms with Gasteiger partial charge in [0.25, 0.3) is 0 Å². The van der Waals surface area contributed by atoms with Gasteiger partial charge in [-0.2, -0.15) is 0 Å². The topological polar surface area (TPSA) is 4.93 Å².